The molecule has 0 aliphatic heterocycles. The van der Waals surface area contributed by atoms with E-state index in [-0.39, 0.29) is 17.2 Å². The summed E-state index contributed by atoms with van der Waals surface area (Å²) in [6.45, 7) is 2.50. The number of aromatic amines is 1. The Morgan fingerprint density at radius 3 is 2.71 bits per heavy atom. The van der Waals surface area contributed by atoms with Crippen molar-refractivity contribution in [2.45, 2.75) is 13.3 Å². The molecular formula is C19H22F2N4O3. The first-order chi connectivity index (χ1) is 13.4. The molecule has 0 saturated heterocycles. The second-order valence-electron chi connectivity index (χ2n) is 5.37. The lowest BCUT2D eigenvalue weighted by molar-refractivity contribution is 0.102. The summed E-state index contributed by atoms with van der Waals surface area (Å²) in [5.41, 5.74) is -0.326. The lowest BCUT2D eigenvalue weighted by atomic mass is 10.1. The van der Waals surface area contributed by atoms with E-state index in [9.17, 15) is 23.5 Å². The summed E-state index contributed by atoms with van der Waals surface area (Å²) >= 11 is 0. The smallest absolute Gasteiger partial charge is 0.262 e. The standard InChI is InChI=1S/C11H8FN3O3.C8H14FN/c12-6-2-1-3-9(17)10(6)11(18)14-7-4-13-15-8(7)5-16;1-3-8(9)6-4-5-7-10-2/h1-5,17H,(H,13,15)(H,14,18);3-5,10H,6-7H2,1-2H3/b;5-4-,8-3+. The maximum absolute atomic E-state index is 13.4. The maximum Gasteiger partial charge on any atom is 0.262 e. The molecule has 28 heavy (non-hydrogen) atoms. The lowest BCUT2D eigenvalue weighted by Crippen LogP contribution is -2.14. The predicted molar refractivity (Wildman–Crippen MR) is 103 cm³/mol. The van der Waals surface area contributed by atoms with Crippen molar-refractivity contribution in [1.29, 1.82) is 0 Å². The number of carbonyl (C=O) groups excluding carboxylic acids is 2. The van der Waals surface area contributed by atoms with Crippen molar-refractivity contribution < 1.29 is 23.5 Å². The van der Waals surface area contributed by atoms with Crippen molar-refractivity contribution in [3.63, 3.8) is 0 Å². The fourth-order valence-corrected chi connectivity index (χ4v) is 1.92. The van der Waals surface area contributed by atoms with E-state index in [1.165, 1.54) is 24.4 Å². The molecule has 1 aromatic heterocycles. The second-order valence-corrected chi connectivity index (χ2v) is 5.37. The Bertz CT molecular complexity index is 827. The highest BCUT2D eigenvalue weighted by atomic mass is 19.1. The number of likely N-dealkylation sites (N-methyl/N-ethyl adjacent to an activating group) is 1. The predicted octanol–water partition coefficient (Wildman–Crippen LogP) is 3.34. The molecule has 9 heteroatoms. The number of hydrogen-bond acceptors (Lipinski definition) is 5. The molecular weight excluding hydrogens is 370 g/mol. The van der Waals surface area contributed by atoms with Crippen molar-refractivity contribution in [2.75, 3.05) is 18.9 Å². The summed E-state index contributed by atoms with van der Waals surface area (Å²) in [5, 5.41) is 20.5. The molecule has 0 aliphatic carbocycles. The minimum absolute atomic E-state index is 0.0548. The van der Waals surface area contributed by atoms with Gasteiger partial charge in [0.25, 0.3) is 5.91 Å². The van der Waals surface area contributed by atoms with Gasteiger partial charge < -0.3 is 15.7 Å². The number of aromatic hydroxyl groups is 1. The Morgan fingerprint density at radius 1 is 1.36 bits per heavy atom. The van der Waals surface area contributed by atoms with Crippen molar-refractivity contribution >= 4 is 17.9 Å². The largest absolute Gasteiger partial charge is 0.507 e. The zero-order valence-corrected chi connectivity index (χ0v) is 15.5. The first kappa shape index (κ1) is 22.7. The Hall–Kier alpha value is -3.33. The minimum Gasteiger partial charge on any atom is -0.507 e. The van der Waals surface area contributed by atoms with E-state index in [2.05, 4.69) is 20.8 Å². The summed E-state index contributed by atoms with van der Waals surface area (Å²) in [6.07, 6.45) is 7.28. The third kappa shape index (κ3) is 7.12. The average molecular weight is 392 g/mol. The maximum atomic E-state index is 13.4. The highest BCUT2D eigenvalue weighted by molar-refractivity contribution is 6.07. The molecule has 1 amide bonds. The summed E-state index contributed by atoms with van der Waals surface area (Å²) < 4.78 is 25.7. The Morgan fingerprint density at radius 2 is 2.11 bits per heavy atom. The van der Waals surface area contributed by atoms with Crippen LogP contribution in [0.1, 0.15) is 34.2 Å². The number of phenols is 1. The van der Waals surface area contributed by atoms with Crippen molar-refractivity contribution in [3.8, 4) is 5.75 Å². The number of anilines is 1. The first-order valence-electron chi connectivity index (χ1n) is 8.32. The third-order valence-electron chi connectivity index (χ3n) is 3.37. The molecule has 0 radical (unpaired) electrons. The quantitative estimate of drug-likeness (QED) is 0.427. The van der Waals surface area contributed by atoms with Crippen LogP contribution in [-0.4, -0.2) is 41.1 Å². The molecule has 0 bridgehead atoms. The Balaban J connectivity index is 0.000000336. The number of allylic oxidation sites excluding steroid dienone is 3. The normalized spacial score (nSPS) is 11.1. The summed E-state index contributed by atoms with van der Waals surface area (Å²) in [7, 11) is 1.86. The molecule has 1 aromatic carbocycles. The number of phenolic OH excluding ortho intramolecular Hbond substituents is 1. The Kier molecular flexibility index (Phi) is 9.84. The minimum atomic E-state index is -0.866. The van der Waals surface area contributed by atoms with Crippen LogP contribution in [0.3, 0.4) is 0 Å². The third-order valence-corrected chi connectivity index (χ3v) is 3.37. The molecule has 0 unspecified atom stereocenters. The van der Waals surface area contributed by atoms with E-state index >= 15 is 0 Å². The highest BCUT2D eigenvalue weighted by Crippen LogP contribution is 2.21. The molecule has 0 aliphatic rings. The molecule has 7 nitrogen and oxygen atoms in total. The van der Waals surface area contributed by atoms with Gasteiger partial charge in [-0.1, -0.05) is 24.3 Å². The number of hydrogen-bond donors (Lipinski definition) is 4. The first-order valence-corrected chi connectivity index (χ1v) is 8.32. The average Bonchev–Trinajstić information content (AvgIpc) is 3.12. The van der Waals surface area contributed by atoms with Crippen molar-refractivity contribution in [2.24, 2.45) is 0 Å². The molecule has 0 fully saturated rings. The van der Waals surface area contributed by atoms with Crippen LogP contribution in [-0.2, 0) is 0 Å². The number of rotatable bonds is 7. The van der Waals surface area contributed by atoms with Crippen molar-refractivity contribution in [3.05, 3.63) is 65.5 Å². The van der Waals surface area contributed by atoms with Gasteiger partial charge in [0.1, 0.15) is 22.8 Å². The van der Waals surface area contributed by atoms with Crippen LogP contribution >= 0.6 is 0 Å². The molecule has 2 rings (SSSR count). The number of nitrogens with zero attached hydrogens (tertiary/aromatic N) is 1. The molecule has 4 N–H and O–H groups in total. The summed E-state index contributed by atoms with van der Waals surface area (Å²) in [5.74, 6) is -2.28. The van der Waals surface area contributed by atoms with Crippen LogP contribution < -0.4 is 10.6 Å². The van der Waals surface area contributed by atoms with Crippen LogP contribution in [0.25, 0.3) is 0 Å². The van der Waals surface area contributed by atoms with E-state index in [4.69, 9.17) is 0 Å². The van der Waals surface area contributed by atoms with E-state index in [1.54, 1.807) is 6.92 Å². The molecule has 0 saturated carbocycles. The van der Waals surface area contributed by atoms with Gasteiger partial charge in [-0.3, -0.25) is 14.7 Å². The molecule has 1 heterocycles. The highest BCUT2D eigenvalue weighted by Gasteiger charge is 2.18. The number of amides is 1. The lowest BCUT2D eigenvalue weighted by Gasteiger charge is -2.06. The van der Waals surface area contributed by atoms with Crippen LogP contribution in [0.4, 0.5) is 14.5 Å². The topological polar surface area (TPSA) is 107 Å². The van der Waals surface area contributed by atoms with E-state index in [1.807, 2.05) is 19.2 Å². The van der Waals surface area contributed by atoms with E-state index in [0.717, 1.165) is 12.6 Å². The fourth-order valence-electron chi connectivity index (χ4n) is 1.92. The monoisotopic (exact) mass is 392 g/mol. The van der Waals surface area contributed by atoms with Crippen molar-refractivity contribution in [1.82, 2.24) is 15.5 Å². The van der Waals surface area contributed by atoms with Gasteiger partial charge in [0.2, 0.25) is 0 Å². The van der Waals surface area contributed by atoms with E-state index in [0.29, 0.717) is 12.7 Å². The number of halogens is 2. The number of aldehydes is 1. The zero-order valence-electron chi connectivity index (χ0n) is 15.5. The van der Waals surface area contributed by atoms with Crippen LogP contribution in [0.2, 0.25) is 0 Å². The van der Waals surface area contributed by atoms with Gasteiger partial charge in [-0.05, 0) is 26.1 Å². The van der Waals surface area contributed by atoms with Gasteiger partial charge in [0, 0.05) is 13.0 Å². The number of nitrogens with one attached hydrogen (secondary N) is 3. The van der Waals surface area contributed by atoms with Crippen LogP contribution in [0.5, 0.6) is 5.75 Å². The van der Waals surface area contributed by atoms with Gasteiger partial charge in [-0.2, -0.15) is 5.10 Å². The molecule has 0 atom stereocenters. The van der Waals surface area contributed by atoms with Gasteiger partial charge in [0.05, 0.1) is 17.7 Å². The Labute approximate surface area is 161 Å². The number of aromatic nitrogens is 2. The zero-order chi connectivity index (χ0) is 20.9. The molecule has 2 aromatic rings. The second kappa shape index (κ2) is 12.1. The van der Waals surface area contributed by atoms with Gasteiger partial charge in [-0.15, -0.1) is 0 Å². The van der Waals surface area contributed by atoms with Gasteiger partial charge in [-0.25, -0.2) is 8.78 Å². The number of benzene rings is 1. The number of H-pyrrole nitrogens is 1. The fraction of sp³-hybridized carbons (Fsp3) is 0.211. The van der Waals surface area contributed by atoms with E-state index < -0.39 is 23.0 Å². The van der Waals surface area contributed by atoms with Crippen LogP contribution in [0, 0.1) is 5.82 Å². The number of carbonyl (C=O) groups is 2. The molecule has 0 spiro atoms. The van der Waals surface area contributed by atoms with Crippen LogP contribution in [0.15, 0.2) is 48.5 Å². The molecule has 150 valence electrons. The summed E-state index contributed by atoms with van der Waals surface area (Å²) in [6, 6.07) is 3.51. The SMILES string of the molecule is C/C=C(/F)C/C=C\CNC.O=Cc1[nH]ncc1NC(=O)c1c(O)cccc1F. The van der Waals surface area contributed by atoms with Gasteiger partial charge >= 0.3 is 0 Å². The summed E-state index contributed by atoms with van der Waals surface area (Å²) in [4.78, 5) is 22.3. The van der Waals surface area contributed by atoms with Gasteiger partial charge in [0.15, 0.2) is 6.29 Å².